The van der Waals surface area contributed by atoms with Crippen molar-refractivity contribution in [1.29, 1.82) is 0 Å². The Labute approximate surface area is 125 Å². The Bertz CT molecular complexity index is 598. The maximum absolute atomic E-state index is 13.7. The first-order chi connectivity index (χ1) is 10.1. The molecule has 0 amide bonds. The SMILES string of the molecule is CCNCc1cc(C)nc(N(C)Cc2ccccc2F)c1. The third kappa shape index (κ3) is 4.26. The summed E-state index contributed by atoms with van der Waals surface area (Å²) < 4.78 is 13.7. The predicted molar refractivity (Wildman–Crippen MR) is 84.9 cm³/mol. The second-order valence-corrected chi connectivity index (χ2v) is 5.20. The van der Waals surface area contributed by atoms with E-state index in [1.165, 1.54) is 11.6 Å². The molecule has 21 heavy (non-hydrogen) atoms. The average Bonchev–Trinajstić information content (AvgIpc) is 2.47. The summed E-state index contributed by atoms with van der Waals surface area (Å²) in [5.41, 5.74) is 2.84. The Morgan fingerprint density at radius 1 is 1.24 bits per heavy atom. The lowest BCUT2D eigenvalue weighted by Crippen LogP contribution is -2.20. The van der Waals surface area contributed by atoms with Gasteiger partial charge in [0.1, 0.15) is 11.6 Å². The van der Waals surface area contributed by atoms with Crippen LogP contribution < -0.4 is 10.2 Å². The third-order valence-electron chi connectivity index (χ3n) is 3.34. The van der Waals surface area contributed by atoms with E-state index < -0.39 is 0 Å². The molecular weight excluding hydrogens is 265 g/mol. The molecule has 0 radical (unpaired) electrons. The molecule has 1 N–H and O–H groups in total. The Morgan fingerprint density at radius 2 is 2.00 bits per heavy atom. The lowest BCUT2D eigenvalue weighted by Gasteiger charge is -2.20. The summed E-state index contributed by atoms with van der Waals surface area (Å²) in [7, 11) is 1.94. The first-order valence-electron chi connectivity index (χ1n) is 7.23. The standard InChI is InChI=1S/C17H22FN3/c1-4-19-11-14-9-13(2)20-17(10-14)21(3)12-15-7-5-6-8-16(15)18/h5-10,19H,4,11-12H2,1-3H3. The average molecular weight is 287 g/mol. The molecule has 0 saturated carbocycles. The van der Waals surface area contributed by atoms with Gasteiger partial charge in [-0.1, -0.05) is 25.1 Å². The van der Waals surface area contributed by atoms with Gasteiger partial charge in [0.25, 0.3) is 0 Å². The Kier molecular flexibility index (Phi) is 5.28. The van der Waals surface area contributed by atoms with E-state index in [1.807, 2.05) is 24.9 Å². The van der Waals surface area contributed by atoms with E-state index in [9.17, 15) is 4.39 Å². The number of hydrogen-bond acceptors (Lipinski definition) is 3. The fourth-order valence-corrected chi connectivity index (χ4v) is 2.25. The zero-order valence-electron chi connectivity index (χ0n) is 12.9. The van der Waals surface area contributed by atoms with Crippen molar-refractivity contribution in [1.82, 2.24) is 10.3 Å². The lowest BCUT2D eigenvalue weighted by atomic mass is 10.2. The fraction of sp³-hybridized carbons (Fsp3) is 0.353. The minimum Gasteiger partial charge on any atom is -0.355 e. The summed E-state index contributed by atoms with van der Waals surface area (Å²) in [6.45, 7) is 6.32. The highest BCUT2D eigenvalue weighted by Gasteiger charge is 2.09. The number of benzene rings is 1. The number of aromatic nitrogens is 1. The van der Waals surface area contributed by atoms with Crippen LogP contribution in [0.1, 0.15) is 23.7 Å². The van der Waals surface area contributed by atoms with Crippen LogP contribution in [0.4, 0.5) is 10.2 Å². The van der Waals surface area contributed by atoms with Crippen molar-refractivity contribution in [2.24, 2.45) is 0 Å². The summed E-state index contributed by atoms with van der Waals surface area (Å²) in [5, 5.41) is 3.31. The molecule has 0 bridgehead atoms. The molecule has 1 heterocycles. The van der Waals surface area contributed by atoms with Gasteiger partial charge in [0.15, 0.2) is 0 Å². The molecule has 0 spiro atoms. The minimum absolute atomic E-state index is 0.176. The largest absolute Gasteiger partial charge is 0.355 e. The number of rotatable bonds is 6. The van der Waals surface area contributed by atoms with Crippen LogP contribution in [0.2, 0.25) is 0 Å². The number of anilines is 1. The number of nitrogens with one attached hydrogen (secondary N) is 1. The van der Waals surface area contributed by atoms with Gasteiger partial charge in [0.2, 0.25) is 0 Å². The summed E-state index contributed by atoms with van der Waals surface area (Å²) >= 11 is 0. The predicted octanol–water partition coefficient (Wildman–Crippen LogP) is 3.28. The zero-order valence-corrected chi connectivity index (χ0v) is 12.9. The molecule has 1 aromatic carbocycles. The van der Waals surface area contributed by atoms with E-state index in [-0.39, 0.29) is 5.82 Å². The zero-order chi connectivity index (χ0) is 15.2. The highest BCUT2D eigenvalue weighted by Crippen LogP contribution is 2.17. The van der Waals surface area contributed by atoms with Crippen LogP contribution in [0.15, 0.2) is 36.4 Å². The summed E-state index contributed by atoms with van der Waals surface area (Å²) in [6, 6.07) is 11.0. The number of pyridine rings is 1. The van der Waals surface area contributed by atoms with Crippen LogP contribution >= 0.6 is 0 Å². The van der Waals surface area contributed by atoms with E-state index in [4.69, 9.17) is 0 Å². The van der Waals surface area contributed by atoms with E-state index >= 15 is 0 Å². The molecule has 4 heteroatoms. The van der Waals surface area contributed by atoms with Gasteiger partial charge in [-0.3, -0.25) is 0 Å². The van der Waals surface area contributed by atoms with Crippen LogP contribution in [0, 0.1) is 12.7 Å². The quantitative estimate of drug-likeness (QED) is 0.884. The monoisotopic (exact) mass is 287 g/mol. The number of aryl methyl sites for hydroxylation is 1. The van der Waals surface area contributed by atoms with Crippen molar-refractivity contribution in [3.8, 4) is 0 Å². The van der Waals surface area contributed by atoms with Gasteiger partial charge in [-0.05, 0) is 37.2 Å². The molecule has 0 saturated heterocycles. The third-order valence-corrected chi connectivity index (χ3v) is 3.34. The molecule has 0 unspecified atom stereocenters. The first kappa shape index (κ1) is 15.4. The number of hydrogen-bond donors (Lipinski definition) is 1. The maximum atomic E-state index is 13.7. The Hall–Kier alpha value is -1.94. The Balaban J connectivity index is 2.16. The van der Waals surface area contributed by atoms with Crippen LogP contribution in [0.25, 0.3) is 0 Å². The van der Waals surface area contributed by atoms with Crippen molar-refractivity contribution in [3.63, 3.8) is 0 Å². The van der Waals surface area contributed by atoms with Crippen LogP contribution in [0.5, 0.6) is 0 Å². The summed E-state index contributed by atoms with van der Waals surface area (Å²) in [5.74, 6) is 0.691. The molecule has 3 nitrogen and oxygen atoms in total. The molecule has 0 atom stereocenters. The number of halogens is 1. The fourth-order valence-electron chi connectivity index (χ4n) is 2.25. The van der Waals surface area contributed by atoms with Crippen LogP contribution in [-0.4, -0.2) is 18.6 Å². The molecule has 112 valence electrons. The number of nitrogens with zero attached hydrogens (tertiary/aromatic N) is 2. The van der Waals surface area contributed by atoms with E-state index in [1.54, 1.807) is 12.1 Å². The van der Waals surface area contributed by atoms with Crippen molar-refractivity contribution < 1.29 is 4.39 Å². The molecule has 0 aliphatic rings. The highest BCUT2D eigenvalue weighted by molar-refractivity contribution is 5.42. The van der Waals surface area contributed by atoms with Crippen LogP contribution in [-0.2, 0) is 13.1 Å². The summed E-state index contributed by atoms with van der Waals surface area (Å²) in [4.78, 5) is 6.52. The highest BCUT2D eigenvalue weighted by atomic mass is 19.1. The van der Waals surface area contributed by atoms with E-state index in [0.717, 1.165) is 24.6 Å². The molecule has 0 fully saturated rings. The second kappa shape index (κ2) is 7.18. The molecule has 0 aliphatic heterocycles. The van der Waals surface area contributed by atoms with Gasteiger partial charge in [-0.2, -0.15) is 0 Å². The van der Waals surface area contributed by atoms with Crippen molar-refractivity contribution in [3.05, 3.63) is 59.0 Å². The Morgan fingerprint density at radius 3 is 2.71 bits per heavy atom. The van der Waals surface area contributed by atoms with Gasteiger partial charge in [-0.25, -0.2) is 9.37 Å². The summed E-state index contributed by atoms with van der Waals surface area (Å²) in [6.07, 6.45) is 0. The maximum Gasteiger partial charge on any atom is 0.129 e. The van der Waals surface area contributed by atoms with E-state index in [0.29, 0.717) is 12.1 Å². The van der Waals surface area contributed by atoms with Gasteiger partial charge >= 0.3 is 0 Å². The lowest BCUT2D eigenvalue weighted by molar-refractivity contribution is 0.607. The molecule has 2 aromatic rings. The van der Waals surface area contributed by atoms with Crippen molar-refractivity contribution >= 4 is 5.82 Å². The molecule has 0 aliphatic carbocycles. The molecule has 1 aromatic heterocycles. The normalized spacial score (nSPS) is 10.7. The molecule has 2 rings (SSSR count). The van der Waals surface area contributed by atoms with Crippen molar-refractivity contribution in [2.45, 2.75) is 26.9 Å². The molecular formula is C17H22FN3. The second-order valence-electron chi connectivity index (χ2n) is 5.20. The van der Waals surface area contributed by atoms with Crippen molar-refractivity contribution in [2.75, 3.05) is 18.5 Å². The van der Waals surface area contributed by atoms with E-state index in [2.05, 4.69) is 29.4 Å². The van der Waals surface area contributed by atoms with Gasteiger partial charge in [0, 0.05) is 31.4 Å². The minimum atomic E-state index is -0.176. The van der Waals surface area contributed by atoms with Gasteiger partial charge in [-0.15, -0.1) is 0 Å². The van der Waals surface area contributed by atoms with Crippen LogP contribution in [0.3, 0.4) is 0 Å². The smallest absolute Gasteiger partial charge is 0.129 e. The van der Waals surface area contributed by atoms with Gasteiger partial charge < -0.3 is 10.2 Å². The first-order valence-corrected chi connectivity index (χ1v) is 7.23. The van der Waals surface area contributed by atoms with Gasteiger partial charge in [0.05, 0.1) is 0 Å². The topological polar surface area (TPSA) is 28.2 Å².